The highest BCUT2D eigenvalue weighted by Crippen LogP contribution is 2.18. The summed E-state index contributed by atoms with van der Waals surface area (Å²) in [6.07, 6.45) is 0.868. The number of sulfone groups is 2. The van der Waals surface area contributed by atoms with Crippen molar-refractivity contribution in [2.24, 2.45) is 0 Å². The van der Waals surface area contributed by atoms with Crippen molar-refractivity contribution in [2.45, 2.75) is 16.2 Å². The molecular weight excluding hydrogens is 378 g/mol. The maximum absolute atomic E-state index is 12.3. The molecule has 0 aromatic heterocycles. The van der Waals surface area contributed by atoms with Gasteiger partial charge in [0.05, 0.1) is 22.7 Å². The summed E-state index contributed by atoms with van der Waals surface area (Å²) in [6, 6.07) is 11.6. The van der Waals surface area contributed by atoms with Gasteiger partial charge < -0.3 is 10.1 Å². The van der Waals surface area contributed by atoms with Crippen LogP contribution in [0.25, 0.3) is 0 Å². The summed E-state index contributed by atoms with van der Waals surface area (Å²) >= 11 is 0. The number of carbonyl (C=O) groups is 1. The van der Waals surface area contributed by atoms with Crippen LogP contribution in [0, 0.1) is 0 Å². The summed E-state index contributed by atoms with van der Waals surface area (Å²) in [6.45, 7) is 0. The van der Waals surface area contributed by atoms with Crippen molar-refractivity contribution >= 4 is 31.3 Å². The third kappa shape index (κ3) is 5.30. The number of rotatable bonds is 7. The highest BCUT2D eigenvalue weighted by Gasteiger charge is 2.17. The number of carbonyl (C=O) groups excluding carboxylic acids is 1. The highest BCUT2D eigenvalue weighted by atomic mass is 32.2. The molecule has 9 heteroatoms. The third-order valence-electron chi connectivity index (χ3n) is 3.58. The standard InChI is InChI=1S/C17H19NO6S2/c1-24-14-5-9-16(10-6-14)26(22,23)12-11-17(19)18-13-3-7-15(8-4-13)25(2,20)21/h3-10H,11-12H2,1-2H3,(H,18,19). The minimum atomic E-state index is -3.59. The molecule has 2 aromatic carbocycles. The Balaban J connectivity index is 1.97. The summed E-state index contributed by atoms with van der Waals surface area (Å²) in [7, 11) is -5.43. The largest absolute Gasteiger partial charge is 0.497 e. The summed E-state index contributed by atoms with van der Waals surface area (Å²) < 4.78 is 52.3. The number of benzene rings is 2. The van der Waals surface area contributed by atoms with Gasteiger partial charge in [0.1, 0.15) is 5.75 Å². The lowest BCUT2D eigenvalue weighted by Gasteiger charge is -2.08. The van der Waals surface area contributed by atoms with Crippen LogP contribution in [-0.2, 0) is 24.5 Å². The minimum Gasteiger partial charge on any atom is -0.497 e. The van der Waals surface area contributed by atoms with Crippen LogP contribution in [0.2, 0.25) is 0 Å². The fourth-order valence-electron chi connectivity index (χ4n) is 2.14. The molecule has 0 unspecified atom stereocenters. The second-order valence-electron chi connectivity index (χ2n) is 5.59. The Bertz CT molecular complexity index is 979. The number of ether oxygens (including phenoxy) is 1. The van der Waals surface area contributed by atoms with Crippen LogP contribution in [0.1, 0.15) is 6.42 Å². The van der Waals surface area contributed by atoms with E-state index in [-0.39, 0.29) is 22.0 Å². The summed E-state index contributed by atoms with van der Waals surface area (Å²) in [4.78, 5) is 12.2. The Morgan fingerprint density at radius 2 is 1.46 bits per heavy atom. The van der Waals surface area contributed by atoms with E-state index in [0.29, 0.717) is 11.4 Å². The molecule has 2 aromatic rings. The zero-order valence-corrected chi connectivity index (χ0v) is 15.9. The van der Waals surface area contributed by atoms with Gasteiger partial charge in [0.2, 0.25) is 5.91 Å². The number of hydrogen-bond donors (Lipinski definition) is 1. The molecule has 0 saturated heterocycles. The lowest BCUT2D eigenvalue weighted by molar-refractivity contribution is -0.115. The first-order valence-corrected chi connectivity index (χ1v) is 11.1. The number of hydrogen-bond acceptors (Lipinski definition) is 6. The molecule has 1 N–H and O–H groups in total. The van der Waals surface area contributed by atoms with Crippen molar-refractivity contribution in [3.63, 3.8) is 0 Å². The molecule has 7 nitrogen and oxygen atoms in total. The Morgan fingerprint density at radius 1 is 0.923 bits per heavy atom. The van der Waals surface area contributed by atoms with Crippen LogP contribution < -0.4 is 10.1 Å². The van der Waals surface area contributed by atoms with Gasteiger partial charge in [-0.15, -0.1) is 0 Å². The molecule has 2 rings (SSSR count). The number of anilines is 1. The Morgan fingerprint density at radius 3 is 1.96 bits per heavy atom. The topological polar surface area (TPSA) is 107 Å². The molecule has 0 aliphatic heterocycles. The molecule has 0 radical (unpaired) electrons. The van der Waals surface area contributed by atoms with E-state index in [2.05, 4.69) is 5.32 Å². The highest BCUT2D eigenvalue weighted by molar-refractivity contribution is 7.91. The van der Waals surface area contributed by atoms with Gasteiger partial charge in [0.15, 0.2) is 19.7 Å². The average Bonchev–Trinajstić information content (AvgIpc) is 2.60. The number of amides is 1. The Hall–Kier alpha value is -2.39. The van der Waals surface area contributed by atoms with Gasteiger partial charge in [0.25, 0.3) is 0 Å². The number of methoxy groups -OCH3 is 1. The number of nitrogens with one attached hydrogen (secondary N) is 1. The van der Waals surface area contributed by atoms with Gasteiger partial charge in [0, 0.05) is 18.4 Å². The van der Waals surface area contributed by atoms with Crippen LogP contribution >= 0.6 is 0 Å². The molecule has 0 heterocycles. The van der Waals surface area contributed by atoms with Gasteiger partial charge in [-0.2, -0.15) is 0 Å². The maximum atomic E-state index is 12.3. The molecule has 0 fully saturated rings. The van der Waals surface area contributed by atoms with Crippen molar-refractivity contribution in [1.82, 2.24) is 0 Å². The van der Waals surface area contributed by atoms with E-state index in [1.54, 1.807) is 0 Å². The van der Waals surface area contributed by atoms with Crippen molar-refractivity contribution in [3.8, 4) is 5.75 Å². The van der Waals surface area contributed by atoms with Gasteiger partial charge in [-0.05, 0) is 48.5 Å². The van der Waals surface area contributed by atoms with Gasteiger partial charge >= 0.3 is 0 Å². The van der Waals surface area contributed by atoms with Crippen molar-refractivity contribution in [3.05, 3.63) is 48.5 Å². The van der Waals surface area contributed by atoms with Crippen molar-refractivity contribution in [1.29, 1.82) is 0 Å². The molecule has 1 amide bonds. The van der Waals surface area contributed by atoms with Crippen LogP contribution in [0.3, 0.4) is 0 Å². The second kappa shape index (κ2) is 7.88. The van der Waals surface area contributed by atoms with Crippen LogP contribution in [0.5, 0.6) is 5.75 Å². The van der Waals surface area contributed by atoms with Gasteiger partial charge in [-0.1, -0.05) is 0 Å². The zero-order valence-electron chi connectivity index (χ0n) is 14.3. The van der Waals surface area contributed by atoms with E-state index in [1.165, 1.54) is 55.6 Å². The lowest BCUT2D eigenvalue weighted by Crippen LogP contribution is -2.17. The SMILES string of the molecule is COc1ccc(S(=O)(=O)CCC(=O)Nc2ccc(S(C)(=O)=O)cc2)cc1. The quantitative estimate of drug-likeness (QED) is 0.765. The summed E-state index contributed by atoms with van der Waals surface area (Å²) in [5.74, 6) is -0.277. The maximum Gasteiger partial charge on any atom is 0.225 e. The van der Waals surface area contributed by atoms with Crippen LogP contribution in [-0.4, -0.2) is 41.9 Å². The molecule has 0 spiro atoms. The van der Waals surface area contributed by atoms with E-state index in [1.807, 2.05) is 0 Å². The first-order valence-electron chi connectivity index (χ1n) is 7.58. The molecule has 0 aliphatic carbocycles. The average molecular weight is 397 g/mol. The summed E-state index contributed by atoms with van der Waals surface area (Å²) in [5.41, 5.74) is 0.393. The van der Waals surface area contributed by atoms with Crippen LogP contribution in [0.15, 0.2) is 58.3 Å². The molecule has 26 heavy (non-hydrogen) atoms. The lowest BCUT2D eigenvalue weighted by atomic mass is 10.3. The van der Waals surface area contributed by atoms with E-state index in [9.17, 15) is 21.6 Å². The van der Waals surface area contributed by atoms with E-state index < -0.39 is 25.6 Å². The van der Waals surface area contributed by atoms with Gasteiger partial charge in [-0.25, -0.2) is 16.8 Å². The predicted molar refractivity (Wildman–Crippen MR) is 97.8 cm³/mol. The smallest absolute Gasteiger partial charge is 0.225 e. The fourth-order valence-corrected chi connectivity index (χ4v) is 4.01. The first kappa shape index (κ1) is 19.9. The van der Waals surface area contributed by atoms with Crippen molar-refractivity contribution < 1.29 is 26.4 Å². The molecule has 0 bridgehead atoms. The second-order valence-corrected chi connectivity index (χ2v) is 9.71. The first-order chi connectivity index (χ1) is 12.1. The third-order valence-corrected chi connectivity index (χ3v) is 6.44. The monoisotopic (exact) mass is 397 g/mol. The van der Waals surface area contributed by atoms with Crippen LogP contribution in [0.4, 0.5) is 5.69 Å². The fraction of sp³-hybridized carbons (Fsp3) is 0.235. The normalized spacial score (nSPS) is 11.8. The molecular formula is C17H19NO6S2. The molecule has 140 valence electrons. The minimum absolute atomic E-state index is 0.114. The Kier molecular flexibility index (Phi) is 6.04. The molecule has 0 saturated carbocycles. The molecule has 0 aliphatic rings. The van der Waals surface area contributed by atoms with E-state index >= 15 is 0 Å². The van der Waals surface area contributed by atoms with Gasteiger partial charge in [-0.3, -0.25) is 4.79 Å². The van der Waals surface area contributed by atoms with Crippen molar-refractivity contribution in [2.75, 3.05) is 24.4 Å². The van der Waals surface area contributed by atoms with E-state index in [0.717, 1.165) is 6.26 Å². The molecule has 0 atom stereocenters. The summed E-state index contributed by atoms with van der Waals surface area (Å²) in [5, 5.41) is 2.54. The Labute approximate surface area is 152 Å². The predicted octanol–water partition coefficient (Wildman–Crippen LogP) is 1.90. The van der Waals surface area contributed by atoms with E-state index in [4.69, 9.17) is 4.74 Å². The zero-order chi connectivity index (χ0) is 19.4.